The van der Waals surface area contributed by atoms with Gasteiger partial charge in [-0.1, -0.05) is 17.7 Å². The van der Waals surface area contributed by atoms with Crippen LogP contribution in [0.4, 0.5) is 0 Å². The third-order valence-corrected chi connectivity index (χ3v) is 7.83. The highest BCUT2D eigenvalue weighted by Gasteiger charge is 2.16. The Hall–Kier alpha value is -2.98. The molecular weight excluding hydrogens is 710 g/mol. The molecule has 1 N–H and O–H groups in total. The van der Waals surface area contributed by atoms with E-state index in [1.165, 1.54) is 27.8 Å². The first kappa shape index (κ1) is 48.2. The minimum atomic E-state index is -0.480. The fraction of sp³-hybridized carbons (Fsp3) is 0.667. The molecule has 0 spiro atoms. The Morgan fingerprint density at radius 1 is 0.564 bits per heavy atom. The second-order valence-corrected chi connectivity index (χ2v) is 14.0. The van der Waals surface area contributed by atoms with Gasteiger partial charge in [0.05, 0.1) is 119 Å². The van der Waals surface area contributed by atoms with Crippen LogP contribution in [-0.2, 0) is 47.4 Å². The number of aliphatic hydroxyl groups excluding tert-OH is 1. The fourth-order valence-corrected chi connectivity index (χ4v) is 5.44. The van der Waals surface area contributed by atoms with Crippen molar-refractivity contribution in [1.29, 1.82) is 0 Å². The van der Waals surface area contributed by atoms with Gasteiger partial charge in [-0.2, -0.15) is 0 Å². The van der Waals surface area contributed by atoms with Gasteiger partial charge < -0.3 is 52.5 Å². The third kappa shape index (κ3) is 22.4. The lowest BCUT2D eigenvalue weighted by Gasteiger charge is -2.19. The van der Waals surface area contributed by atoms with Crippen molar-refractivity contribution in [2.45, 2.75) is 67.4 Å². The Kier molecular flexibility index (Phi) is 24.9. The molecule has 0 bridgehead atoms. The van der Waals surface area contributed by atoms with Crippen molar-refractivity contribution in [1.82, 2.24) is 0 Å². The number of aliphatic imine (C=N–C) groups is 1. The molecular formula is C42H67NO12. The molecule has 55 heavy (non-hydrogen) atoms. The number of rotatable bonds is 30. The molecule has 0 fully saturated rings. The van der Waals surface area contributed by atoms with Gasteiger partial charge in [0.1, 0.15) is 18.0 Å². The van der Waals surface area contributed by atoms with Crippen molar-refractivity contribution >= 4 is 11.9 Å². The number of ether oxygens (including phenoxy) is 10. The molecule has 0 radical (unpaired) electrons. The Bertz CT molecular complexity index is 1370. The number of carbonyl (C=O) groups excluding carboxylic acids is 1. The highest BCUT2D eigenvalue weighted by molar-refractivity contribution is 5.81. The van der Waals surface area contributed by atoms with E-state index in [4.69, 9.17) is 47.4 Å². The van der Waals surface area contributed by atoms with Crippen LogP contribution in [0.25, 0.3) is 11.1 Å². The molecule has 0 aliphatic rings. The van der Waals surface area contributed by atoms with Gasteiger partial charge in [0.2, 0.25) is 5.90 Å². The van der Waals surface area contributed by atoms with Gasteiger partial charge in [0.15, 0.2) is 0 Å². The van der Waals surface area contributed by atoms with Gasteiger partial charge in [-0.15, -0.1) is 0 Å². The zero-order valence-electron chi connectivity index (χ0n) is 34.6. The van der Waals surface area contributed by atoms with E-state index in [9.17, 15) is 9.90 Å². The van der Waals surface area contributed by atoms with Crippen LogP contribution < -0.4 is 4.74 Å². The number of aryl methyl sites for hydroxylation is 5. The van der Waals surface area contributed by atoms with E-state index in [0.29, 0.717) is 118 Å². The molecule has 2 aromatic rings. The first-order valence-corrected chi connectivity index (χ1v) is 19.3. The lowest BCUT2D eigenvalue weighted by molar-refractivity contribution is -0.156. The van der Waals surface area contributed by atoms with E-state index in [1.807, 2.05) is 33.8 Å². The molecule has 2 aromatic carbocycles. The summed E-state index contributed by atoms with van der Waals surface area (Å²) in [6.45, 7) is 23.2. The molecule has 0 aliphatic heterocycles. The maximum Gasteiger partial charge on any atom is 0.308 e. The van der Waals surface area contributed by atoms with Crippen molar-refractivity contribution in [3.05, 3.63) is 52.1 Å². The Morgan fingerprint density at radius 2 is 0.982 bits per heavy atom. The molecule has 0 unspecified atom stereocenters. The maximum absolute atomic E-state index is 11.6. The van der Waals surface area contributed by atoms with Crippen molar-refractivity contribution in [3.63, 3.8) is 0 Å². The van der Waals surface area contributed by atoms with Crippen molar-refractivity contribution in [2.75, 3.05) is 119 Å². The van der Waals surface area contributed by atoms with Crippen LogP contribution in [0.3, 0.4) is 0 Å². The van der Waals surface area contributed by atoms with Gasteiger partial charge in [0.25, 0.3) is 0 Å². The molecule has 0 aromatic heterocycles. The van der Waals surface area contributed by atoms with E-state index in [0.717, 1.165) is 11.1 Å². The van der Waals surface area contributed by atoms with E-state index in [1.54, 1.807) is 0 Å². The summed E-state index contributed by atoms with van der Waals surface area (Å²) in [6.07, 6.45) is 0.226. The fourth-order valence-electron chi connectivity index (χ4n) is 5.44. The average molecular weight is 778 g/mol. The molecule has 312 valence electrons. The topological polar surface area (TPSA) is 142 Å². The summed E-state index contributed by atoms with van der Waals surface area (Å²) in [5.41, 5.74) is 7.78. The third-order valence-electron chi connectivity index (χ3n) is 7.83. The van der Waals surface area contributed by atoms with Crippen LogP contribution in [0, 0.1) is 34.6 Å². The second-order valence-electron chi connectivity index (χ2n) is 14.0. The molecule has 13 nitrogen and oxygen atoms in total. The quantitative estimate of drug-likeness (QED) is 0.0462. The normalized spacial score (nSPS) is 12.1. The summed E-state index contributed by atoms with van der Waals surface area (Å²) in [6, 6.07) is 8.57. The molecule has 0 amide bonds. The zero-order chi connectivity index (χ0) is 40.3. The van der Waals surface area contributed by atoms with Crippen LogP contribution in [-0.4, -0.2) is 141 Å². The van der Waals surface area contributed by atoms with Gasteiger partial charge in [-0.3, -0.25) is 9.79 Å². The number of hydrogen-bond acceptors (Lipinski definition) is 13. The SMILES string of the molecule is Cc1cc(C)c(-c2cc(C)c(OC(CO)=NCCOCCOCCOCCOCCOCCOCCOCCOCCC(=O)OC(C)(C)C)cc2C)c(C)c1. The first-order valence-electron chi connectivity index (χ1n) is 19.3. The summed E-state index contributed by atoms with van der Waals surface area (Å²) >= 11 is 0. The Labute approximate surface area is 328 Å². The molecule has 0 saturated carbocycles. The zero-order valence-corrected chi connectivity index (χ0v) is 34.6. The van der Waals surface area contributed by atoms with Crippen molar-refractivity contribution in [2.24, 2.45) is 4.99 Å². The average Bonchev–Trinajstić information content (AvgIpc) is 3.11. The molecule has 0 aliphatic carbocycles. The van der Waals surface area contributed by atoms with Gasteiger partial charge in [-0.25, -0.2) is 0 Å². The summed E-state index contributed by atoms with van der Waals surface area (Å²) in [5, 5.41) is 9.84. The maximum atomic E-state index is 11.6. The van der Waals surface area contributed by atoms with Crippen LogP contribution in [0.2, 0.25) is 0 Å². The van der Waals surface area contributed by atoms with E-state index in [2.05, 4.69) is 50.9 Å². The minimum Gasteiger partial charge on any atom is -0.460 e. The second kappa shape index (κ2) is 28.4. The first-order chi connectivity index (χ1) is 26.4. The van der Waals surface area contributed by atoms with Crippen LogP contribution >= 0.6 is 0 Å². The highest BCUT2D eigenvalue weighted by atomic mass is 16.6. The van der Waals surface area contributed by atoms with Crippen LogP contribution in [0.15, 0.2) is 29.3 Å². The summed E-state index contributed by atoms with van der Waals surface area (Å²) in [5.74, 6) is 0.666. The molecule has 0 heterocycles. The molecule has 13 heteroatoms. The van der Waals surface area contributed by atoms with Gasteiger partial charge in [-0.05, 0) is 101 Å². The minimum absolute atomic E-state index is 0.226. The predicted molar refractivity (Wildman–Crippen MR) is 213 cm³/mol. The largest absolute Gasteiger partial charge is 0.460 e. The van der Waals surface area contributed by atoms with Gasteiger partial charge >= 0.3 is 5.97 Å². The van der Waals surface area contributed by atoms with Crippen molar-refractivity contribution in [3.8, 4) is 16.9 Å². The smallest absolute Gasteiger partial charge is 0.308 e. The standard InChI is InChI=1S/C42H67NO12/c1-32-27-35(4)41(36(5)28-32)37-29-34(3)38(30-33(37)2)54-39(31-44)43-10-12-47-14-16-49-18-20-51-22-24-53-26-25-52-23-21-50-19-17-48-15-13-46-11-9-40(45)55-42(6,7)8/h27-30,44H,9-26,31H2,1-8H3. The number of benzene rings is 2. The number of nitrogens with zero attached hydrogens (tertiary/aromatic N) is 1. The lowest BCUT2D eigenvalue weighted by atomic mass is 9.90. The van der Waals surface area contributed by atoms with E-state index < -0.39 is 5.60 Å². The molecule has 2 rings (SSSR count). The Balaban J connectivity index is 1.37. The van der Waals surface area contributed by atoms with Crippen LogP contribution in [0.5, 0.6) is 5.75 Å². The van der Waals surface area contributed by atoms with Crippen molar-refractivity contribution < 1.29 is 57.3 Å². The molecule has 0 saturated heterocycles. The van der Waals surface area contributed by atoms with Gasteiger partial charge in [0, 0.05) is 0 Å². The van der Waals surface area contributed by atoms with E-state index in [-0.39, 0.29) is 24.9 Å². The monoisotopic (exact) mass is 777 g/mol. The predicted octanol–water partition coefficient (Wildman–Crippen LogP) is 5.53. The lowest BCUT2D eigenvalue weighted by Crippen LogP contribution is -2.24. The summed E-state index contributed by atoms with van der Waals surface area (Å²) < 4.78 is 55.2. The van der Waals surface area contributed by atoms with Crippen LogP contribution in [0.1, 0.15) is 55.0 Å². The molecule has 0 atom stereocenters. The Morgan fingerprint density at radius 3 is 1.40 bits per heavy atom. The summed E-state index contributed by atoms with van der Waals surface area (Å²) in [4.78, 5) is 16.0. The number of carbonyl (C=O) groups is 1. The number of aliphatic hydroxyl groups is 1. The number of hydrogen-bond donors (Lipinski definition) is 1. The number of esters is 1. The summed E-state index contributed by atoms with van der Waals surface area (Å²) in [7, 11) is 0. The highest BCUT2D eigenvalue weighted by Crippen LogP contribution is 2.34. The van der Waals surface area contributed by atoms with E-state index >= 15 is 0 Å².